The molecule has 0 heterocycles. The Hall–Kier alpha value is -1.87. The molecule has 1 aliphatic rings. The number of amides is 1. The fourth-order valence-corrected chi connectivity index (χ4v) is 2.86. The molecule has 1 amide bonds. The second-order valence-corrected chi connectivity index (χ2v) is 7.18. The van der Waals surface area contributed by atoms with E-state index in [1.54, 1.807) is 4.90 Å². The summed E-state index contributed by atoms with van der Waals surface area (Å²) in [7, 11) is 5.90. The van der Waals surface area contributed by atoms with Crippen LogP contribution in [-0.2, 0) is 0 Å². The Balaban J connectivity index is 2.08. The molecule has 0 fully saturated rings. The minimum Gasteiger partial charge on any atom is -0.340 e. The summed E-state index contributed by atoms with van der Waals surface area (Å²) >= 11 is 0. The van der Waals surface area contributed by atoms with Crippen LogP contribution in [-0.4, -0.2) is 49.9 Å². The summed E-state index contributed by atoms with van der Waals surface area (Å²) in [5.41, 5.74) is 4.74. The van der Waals surface area contributed by atoms with E-state index in [4.69, 9.17) is 0 Å². The number of hydrogen-bond donors (Lipinski definition) is 0. The molecule has 3 heteroatoms. The van der Waals surface area contributed by atoms with E-state index in [1.165, 1.54) is 16.7 Å². The fourth-order valence-electron chi connectivity index (χ4n) is 2.86. The third-order valence-corrected chi connectivity index (χ3v) is 4.57. The molecule has 1 aromatic rings. The number of benzene rings is 1. The molecule has 0 atom stereocenters. The third kappa shape index (κ3) is 4.81. The van der Waals surface area contributed by atoms with Gasteiger partial charge in [-0.1, -0.05) is 43.7 Å². The van der Waals surface area contributed by atoms with Gasteiger partial charge in [0.05, 0.1) is 0 Å². The average molecular weight is 326 g/mol. The minimum absolute atomic E-state index is 0.0828. The van der Waals surface area contributed by atoms with Crippen LogP contribution in [0.15, 0.2) is 42.0 Å². The molecule has 0 aromatic heterocycles. The molecule has 130 valence electrons. The Labute approximate surface area is 146 Å². The molecule has 1 aromatic carbocycles. The lowest BCUT2D eigenvalue weighted by atomic mass is 9.89. The van der Waals surface area contributed by atoms with E-state index in [-0.39, 0.29) is 5.91 Å². The van der Waals surface area contributed by atoms with Crippen molar-refractivity contribution in [3.05, 3.63) is 53.1 Å². The SMILES string of the molecule is CC(C)C1=CC(c2ccc(C(=O)N(C)CCN(C)C)cc2)=CCC1. The Bertz CT molecular complexity index is 624. The van der Waals surface area contributed by atoms with Crippen LogP contribution in [0, 0.1) is 5.92 Å². The lowest BCUT2D eigenvalue weighted by Gasteiger charge is -2.20. The first kappa shape index (κ1) is 18.5. The standard InChI is InChI=1S/C21H30N2O/c1-16(2)19-7-6-8-20(15-19)17-9-11-18(12-10-17)21(24)23(5)14-13-22(3)4/h8-12,15-16H,6-7,13-14H2,1-5H3. The van der Waals surface area contributed by atoms with E-state index in [0.29, 0.717) is 5.92 Å². The maximum Gasteiger partial charge on any atom is 0.253 e. The Morgan fingerprint density at radius 3 is 2.33 bits per heavy atom. The first-order valence-corrected chi connectivity index (χ1v) is 8.79. The number of nitrogens with zero attached hydrogens (tertiary/aromatic N) is 2. The summed E-state index contributed by atoms with van der Waals surface area (Å²) in [6, 6.07) is 8.03. The smallest absolute Gasteiger partial charge is 0.253 e. The summed E-state index contributed by atoms with van der Waals surface area (Å²) in [5.74, 6) is 0.680. The Morgan fingerprint density at radius 2 is 1.75 bits per heavy atom. The highest BCUT2D eigenvalue weighted by Gasteiger charge is 2.13. The van der Waals surface area contributed by atoms with Gasteiger partial charge in [-0.3, -0.25) is 4.79 Å². The first-order valence-electron chi connectivity index (χ1n) is 8.79. The van der Waals surface area contributed by atoms with E-state index < -0.39 is 0 Å². The molecule has 0 saturated heterocycles. The van der Waals surface area contributed by atoms with Gasteiger partial charge in [-0.15, -0.1) is 0 Å². The zero-order valence-corrected chi connectivity index (χ0v) is 15.7. The van der Waals surface area contributed by atoms with Crippen LogP contribution >= 0.6 is 0 Å². The maximum absolute atomic E-state index is 12.5. The van der Waals surface area contributed by atoms with Crippen LogP contribution < -0.4 is 0 Å². The molecule has 0 N–H and O–H groups in total. The molecule has 0 spiro atoms. The lowest BCUT2D eigenvalue weighted by Crippen LogP contribution is -2.33. The quantitative estimate of drug-likeness (QED) is 0.786. The van der Waals surface area contributed by atoms with Gasteiger partial charge in [-0.25, -0.2) is 0 Å². The zero-order chi connectivity index (χ0) is 17.7. The van der Waals surface area contributed by atoms with E-state index in [9.17, 15) is 4.79 Å². The van der Waals surface area contributed by atoms with Gasteiger partial charge in [0.15, 0.2) is 0 Å². The molecule has 0 radical (unpaired) electrons. The van der Waals surface area contributed by atoms with Gasteiger partial charge in [0.1, 0.15) is 0 Å². The summed E-state index contributed by atoms with van der Waals surface area (Å²) < 4.78 is 0. The van der Waals surface area contributed by atoms with Crippen molar-refractivity contribution in [2.24, 2.45) is 5.92 Å². The molecule has 0 aliphatic heterocycles. The van der Waals surface area contributed by atoms with Gasteiger partial charge in [0, 0.05) is 25.7 Å². The molecule has 0 bridgehead atoms. The lowest BCUT2D eigenvalue weighted by molar-refractivity contribution is 0.0786. The largest absolute Gasteiger partial charge is 0.340 e. The van der Waals surface area contributed by atoms with Gasteiger partial charge in [0.25, 0.3) is 5.91 Å². The van der Waals surface area contributed by atoms with Gasteiger partial charge in [-0.2, -0.15) is 0 Å². The number of hydrogen-bond acceptors (Lipinski definition) is 2. The molecular weight excluding hydrogens is 296 g/mol. The summed E-state index contributed by atoms with van der Waals surface area (Å²) in [6.45, 7) is 6.11. The minimum atomic E-state index is 0.0828. The van der Waals surface area contributed by atoms with Gasteiger partial charge < -0.3 is 9.80 Å². The van der Waals surface area contributed by atoms with Crippen LogP contribution in [0.1, 0.15) is 42.6 Å². The monoisotopic (exact) mass is 326 g/mol. The maximum atomic E-state index is 12.5. The van der Waals surface area contributed by atoms with Gasteiger partial charge >= 0.3 is 0 Å². The fraction of sp³-hybridized carbons (Fsp3) is 0.476. The molecule has 3 nitrogen and oxygen atoms in total. The number of carbonyl (C=O) groups excluding carboxylic acids is 1. The summed E-state index contributed by atoms with van der Waals surface area (Å²) in [5, 5.41) is 0. The first-order chi connectivity index (χ1) is 11.4. The molecule has 1 aliphatic carbocycles. The van der Waals surface area contributed by atoms with Crippen LogP contribution in [0.25, 0.3) is 5.57 Å². The number of carbonyl (C=O) groups is 1. The van der Waals surface area contributed by atoms with Crippen molar-refractivity contribution in [2.75, 3.05) is 34.2 Å². The molecule has 2 rings (SSSR count). The highest BCUT2D eigenvalue weighted by atomic mass is 16.2. The molecule has 24 heavy (non-hydrogen) atoms. The van der Waals surface area contributed by atoms with E-state index in [1.807, 2.05) is 33.3 Å². The average Bonchev–Trinajstić information content (AvgIpc) is 2.59. The normalized spacial score (nSPS) is 14.6. The summed E-state index contributed by atoms with van der Waals surface area (Å²) in [6.07, 6.45) is 6.88. The van der Waals surface area contributed by atoms with Crippen molar-refractivity contribution >= 4 is 11.5 Å². The van der Waals surface area contributed by atoms with E-state index >= 15 is 0 Å². The van der Waals surface area contributed by atoms with Crippen molar-refractivity contribution in [2.45, 2.75) is 26.7 Å². The highest BCUT2D eigenvalue weighted by molar-refractivity contribution is 5.94. The second kappa shape index (κ2) is 8.29. The highest BCUT2D eigenvalue weighted by Crippen LogP contribution is 2.29. The van der Waals surface area contributed by atoms with Gasteiger partial charge in [-0.05, 0) is 56.1 Å². The van der Waals surface area contributed by atoms with Crippen LogP contribution in [0.3, 0.4) is 0 Å². The molecule has 0 unspecified atom stereocenters. The van der Waals surface area contributed by atoms with Crippen molar-refractivity contribution in [3.8, 4) is 0 Å². The third-order valence-electron chi connectivity index (χ3n) is 4.57. The molecule has 0 saturated carbocycles. The Kier molecular flexibility index (Phi) is 6.38. The Morgan fingerprint density at radius 1 is 1.08 bits per heavy atom. The number of likely N-dealkylation sites (N-methyl/N-ethyl adjacent to an activating group) is 2. The number of rotatable bonds is 6. The van der Waals surface area contributed by atoms with Crippen LogP contribution in [0.4, 0.5) is 0 Å². The number of allylic oxidation sites excluding steroid dienone is 4. The predicted molar refractivity (Wildman–Crippen MR) is 102 cm³/mol. The summed E-state index contributed by atoms with van der Waals surface area (Å²) in [4.78, 5) is 16.3. The topological polar surface area (TPSA) is 23.6 Å². The van der Waals surface area contributed by atoms with Gasteiger partial charge in [0.2, 0.25) is 0 Å². The van der Waals surface area contributed by atoms with Crippen molar-refractivity contribution in [1.29, 1.82) is 0 Å². The second-order valence-electron chi connectivity index (χ2n) is 7.18. The molecular formula is C21H30N2O. The van der Waals surface area contributed by atoms with Crippen molar-refractivity contribution in [3.63, 3.8) is 0 Å². The predicted octanol–water partition coefficient (Wildman–Crippen LogP) is 4.08. The van der Waals surface area contributed by atoms with E-state index in [0.717, 1.165) is 31.5 Å². The van der Waals surface area contributed by atoms with Crippen molar-refractivity contribution in [1.82, 2.24) is 9.80 Å². The van der Waals surface area contributed by atoms with Crippen LogP contribution in [0.2, 0.25) is 0 Å². The van der Waals surface area contributed by atoms with E-state index in [2.05, 4.69) is 43.0 Å². The van der Waals surface area contributed by atoms with Crippen molar-refractivity contribution < 1.29 is 4.79 Å². The van der Waals surface area contributed by atoms with Crippen LogP contribution in [0.5, 0.6) is 0 Å². The zero-order valence-electron chi connectivity index (χ0n) is 15.7.